The van der Waals surface area contributed by atoms with E-state index in [4.69, 9.17) is 14.2 Å². The normalized spacial score (nSPS) is 17.2. The van der Waals surface area contributed by atoms with E-state index in [0.29, 0.717) is 11.4 Å². The first-order chi connectivity index (χ1) is 25.2. The number of urea groups is 1. The van der Waals surface area contributed by atoms with Crippen LogP contribution in [0.4, 0.5) is 20.2 Å². The Labute approximate surface area is 317 Å². The predicted molar refractivity (Wildman–Crippen MR) is 204 cm³/mol. The van der Waals surface area contributed by atoms with E-state index >= 15 is 0 Å². The number of carbonyl (C=O) groups excluding carboxylic acids is 4. The van der Waals surface area contributed by atoms with Crippen molar-refractivity contribution in [3.05, 3.63) is 46.5 Å². The molecule has 5 amide bonds. The SMILES string of the molecule is COc1cc(-n2ccc(NC(=O)N3CCN(C(=O)C(C)(C)NC(=O)OC(C)(C)C)CC3)nc2=O)ccc1CCN1CCCC(NC(=O)OC(C)(C)C)CC1. The van der Waals surface area contributed by atoms with Crippen LogP contribution in [0.5, 0.6) is 5.75 Å². The molecular formula is C38H58N8O8. The number of hydrogen-bond acceptors (Lipinski definition) is 10. The number of alkyl carbamates (subject to hydrolysis) is 2. The summed E-state index contributed by atoms with van der Waals surface area (Å²) in [6.07, 6.45) is 3.94. The van der Waals surface area contributed by atoms with Crippen LogP contribution in [0.1, 0.15) is 80.2 Å². The smallest absolute Gasteiger partial charge is 0.408 e. The van der Waals surface area contributed by atoms with Crippen molar-refractivity contribution in [1.29, 1.82) is 0 Å². The minimum absolute atomic E-state index is 0.0772. The molecule has 2 aromatic rings. The fourth-order valence-corrected chi connectivity index (χ4v) is 6.34. The molecule has 3 N–H and O–H groups in total. The molecule has 0 aliphatic carbocycles. The summed E-state index contributed by atoms with van der Waals surface area (Å²) in [6, 6.07) is 6.77. The Hall–Kier alpha value is -4.86. The third-order valence-corrected chi connectivity index (χ3v) is 9.03. The number of carbonyl (C=O) groups is 4. The Morgan fingerprint density at radius 1 is 0.833 bits per heavy atom. The zero-order valence-corrected chi connectivity index (χ0v) is 33.2. The fourth-order valence-electron chi connectivity index (χ4n) is 6.34. The van der Waals surface area contributed by atoms with E-state index in [-0.39, 0.29) is 50.0 Å². The molecule has 0 bridgehead atoms. The third kappa shape index (κ3) is 12.4. The monoisotopic (exact) mass is 754 g/mol. The number of anilines is 1. The zero-order valence-electron chi connectivity index (χ0n) is 33.2. The van der Waals surface area contributed by atoms with E-state index in [1.807, 2.05) is 32.9 Å². The van der Waals surface area contributed by atoms with Gasteiger partial charge in [-0.15, -0.1) is 0 Å². The molecule has 0 radical (unpaired) electrons. The molecule has 1 unspecified atom stereocenters. The summed E-state index contributed by atoms with van der Waals surface area (Å²) in [5, 5.41) is 8.33. The molecule has 3 heterocycles. The maximum absolute atomic E-state index is 13.2. The number of methoxy groups -OCH3 is 1. The molecule has 2 fully saturated rings. The van der Waals surface area contributed by atoms with Crippen molar-refractivity contribution in [3.8, 4) is 11.4 Å². The minimum atomic E-state index is -1.20. The largest absolute Gasteiger partial charge is 0.496 e. The van der Waals surface area contributed by atoms with Gasteiger partial charge in [-0.3, -0.25) is 14.7 Å². The molecule has 2 saturated heterocycles. The summed E-state index contributed by atoms with van der Waals surface area (Å²) in [4.78, 5) is 73.4. The Balaban J connectivity index is 1.28. The maximum Gasteiger partial charge on any atom is 0.408 e. The lowest BCUT2D eigenvalue weighted by Crippen LogP contribution is -2.60. The van der Waals surface area contributed by atoms with Crippen LogP contribution in [0.2, 0.25) is 0 Å². The number of aromatic nitrogens is 2. The van der Waals surface area contributed by atoms with Crippen molar-refractivity contribution >= 4 is 29.9 Å². The number of benzene rings is 1. The molecule has 1 aromatic heterocycles. The number of hydrogen-bond donors (Lipinski definition) is 3. The van der Waals surface area contributed by atoms with Gasteiger partial charge in [0, 0.05) is 57.6 Å². The standard InChI is InChI=1S/C38H58N8O8/c1-36(2,3)53-34(50)39-27-11-10-17-43(19-15-27)18-14-26-12-13-28(25-29(26)52-9)46-20-16-30(41-33(46)49)40-32(48)45-23-21-44(22-24-45)31(47)38(7,8)42-35(51)54-37(4,5)6/h12-13,16,20,25,27H,10-11,14-15,17-19,21-24H2,1-9H3,(H,39,50)(H,42,51)(H,40,41,48,49). The van der Waals surface area contributed by atoms with Crippen molar-refractivity contribution in [2.75, 3.05) is 58.2 Å². The van der Waals surface area contributed by atoms with E-state index in [2.05, 4.69) is 25.8 Å². The Kier molecular flexibility index (Phi) is 13.6. The van der Waals surface area contributed by atoms with Gasteiger partial charge in [0.2, 0.25) is 5.91 Å². The van der Waals surface area contributed by atoms with Crippen molar-refractivity contribution in [2.45, 2.75) is 104 Å². The highest BCUT2D eigenvalue weighted by molar-refractivity contribution is 5.90. The van der Waals surface area contributed by atoms with E-state index in [9.17, 15) is 24.0 Å². The van der Waals surface area contributed by atoms with Crippen LogP contribution in [0.25, 0.3) is 5.69 Å². The van der Waals surface area contributed by atoms with Gasteiger partial charge in [-0.1, -0.05) is 6.07 Å². The van der Waals surface area contributed by atoms with Gasteiger partial charge in [0.15, 0.2) is 0 Å². The second-order valence-corrected chi connectivity index (χ2v) is 16.3. The zero-order chi connectivity index (χ0) is 39.8. The molecule has 0 saturated carbocycles. The van der Waals surface area contributed by atoms with E-state index in [1.54, 1.807) is 69.9 Å². The number of nitrogens with one attached hydrogen (secondary N) is 3. The van der Waals surface area contributed by atoms with Gasteiger partial charge in [-0.05, 0) is 105 Å². The Bertz CT molecular complexity index is 1710. The number of nitrogens with zero attached hydrogens (tertiary/aromatic N) is 5. The van der Waals surface area contributed by atoms with Crippen LogP contribution in [0.15, 0.2) is 35.3 Å². The van der Waals surface area contributed by atoms with Gasteiger partial charge >= 0.3 is 23.9 Å². The number of piperazine rings is 1. The first kappa shape index (κ1) is 41.9. The maximum atomic E-state index is 13.2. The van der Waals surface area contributed by atoms with Crippen molar-refractivity contribution in [3.63, 3.8) is 0 Å². The summed E-state index contributed by atoms with van der Waals surface area (Å²) in [7, 11) is 1.60. The third-order valence-electron chi connectivity index (χ3n) is 9.03. The van der Waals surface area contributed by atoms with Gasteiger partial charge in [0.1, 0.15) is 28.3 Å². The fraction of sp³-hybridized carbons (Fsp3) is 0.632. The molecule has 1 aromatic carbocycles. The van der Waals surface area contributed by atoms with Crippen molar-refractivity contribution in [1.82, 2.24) is 34.9 Å². The molecule has 1 atom stereocenters. The Morgan fingerprint density at radius 2 is 1.48 bits per heavy atom. The molecule has 16 heteroatoms. The van der Waals surface area contributed by atoms with Gasteiger partial charge in [0.05, 0.1) is 12.8 Å². The molecule has 298 valence electrons. The first-order valence-electron chi connectivity index (χ1n) is 18.6. The van der Waals surface area contributed by atoms with Crippen LogP contribution in [-0.2, 0) is 20.7 Å². The molecule has 2 aliphatic heterocycles. The van der Waals surface area contributed by atoms with Gasteiger partial charge in [-0.2, -0.15) is 4.98 Å². The van der Waals surface area contributed by atoms with Gasteiger partial charge in [-0.25, -0.2) is 19.2 Å². The van der Waals surface area contributed by atoms with E-state index in [0.717, 1.165) is 50.9 Å². The lowest BCUT2D eigenvalue weighted by Gasteiger charge is -2.38. The number of ether oxygens (including phenoxy) is 3. The summed E-state index contributed by atoms with van der Waals surface area (Å²) >= 11 is 0. The molecule has 2 aliphatic rings. The van der Waals surface area contributed by atoms with Gasteiger partial charge < -0.3 is 39.5 Å². The van der Waals surface area contributed by atoms with E-state index < -0.39 is 34.6 Å². The summed E-state index contributed by atoms with van der Waals surface area (Å²) in [6.45, 7) is 17.7. The highest BCUT2D eigenvalue weighted by Gasteiger charge is 2.37. The number of likely N-dealkylation sites (tertiary alicyclic amines) is 1. The van der Waals surface area contributed by atoms with Crippen LogP contribution < -0.4 is 26.4 Å². The predicted octanol–water partition coefficient (Wildman–Crippen LogP) is 4.14. The average molecular weight is 755 g/mol. The summed E-state index contributed by atoms with van der Waals surface area (Å²) in [5.74, 6) is 0.467. The molecule has 4 rings (SSSR count). The quantitative estimate of drug-likeness (QED) is 0.337. The van der Waals surface area contributed by atoms with Crippen LogP contribution in [0.3, 0.4) is 0 Å². The number of rotatable bonds is 9. The highest BCUT2D eigenvalue weighted by atomic mass is 16.6. The van der Waals surface area contributed by atoms with Crippen LogP contribution in [0, 0.1) is 0 Å². The second kappa shape index (κ2) is 17.5. The highest BCUT2D eigenvalue weighted by Crippen LogP contribution is 2.24. The van der Waals surface area contributed by atoms with Crippen molar-refractivity contribution < 1.29 is 33.4 Å². The molecular weight excluding hydrogens is 696 g/mol. The molecule has 0 spiro atoms. The summed E-state index contributed by atoms with van der Waals surface area (Å²) < 4.78 is 17.8. The summed E-state index contributed by atoms with van der Waals surface area (Å²) in [5.41, 5.74) is -1.43. The lowest BCUT2D eigenvalue weighted by molar-refractivity contribution is -0.138. The lowest BCUT2D eigenvalue weighted by atomic mass is 10.0. The van der Waals surface area contributed by atoms with E-state index in [1.165, 1.54) is 4.57 Å². The van der Waals surface area contributed by atoms with Crippen LogP contribution >= 0.6 is 0 Å². The van der Waals surface area contributed by atoms with Crippen molar-refractivity contribution in [2.24, 2.45) is 0 Å². The minimum Gasteiger partial charge on any atom is -0.496 e. The van der Waals surface area contributed by atoms with Crippen LogP contribution in [-0.4, -0.2) is 124 Å². The van der Waals surface area contributed by atoms with Gasteiger partial charge in [0.25, 0.3) is 0 Å². The topological polar surface area (TPSA) is 177 Å². The Morgan fingerprint density at radius 3 is 2.11 bits per heavy atom. The molecule has 16 nitrogen and oxygen atoms in total. The average Bonchev–Trinajstić information content (AvgIpc) is 3.29. The molecule has 54 heavy (non-hydrogen) atoms. The number of amides is 5. The first-order valence-corrected chi connectivity index (χ1v) is 18.6. The second-order valence-electron chi connectivity index (χ2n) is 16.3.